The lowest BCUT2D eigenvalue weighted by molar-refractivity contribution is -0.141. The van der Waals surface area contributed by atoms with Crippen LogP contribution in [0.3, 0.4) is 0 Å². The lowest BCUT2D eigenvalue weighted by Gasteiger charge is -2.28. The Balaban J connectivity index is 1.77. The first kappa shape index (κ1) is 15.0. The van der Waals surface area contributed by atoms with Gasteiger partial charge in [0.05, 0.1) is 13.2 Å². The van der Waals surface area contributed by atoms with Crippen LogP contribution >= 0.6 is 0 Å². The lowest BCUT2D eigenvalue weighted by Crippen LogP contribution is -2.15. The molecule has 1 N–H and O–H groups in total. The molecule has 0 amide bonds. The highest BCUT2D eigenvalue weighted by molar-refractivity contribution is 5.65. The molecule has 0 heterocycles. The van der Waals surface area contributed by atoms with E-state index in [0.717, 1.165) is 12.0 Å². The Morgan fingerprint density at radius 3 is 2.40 bits per heavy atom. The first-order chi connectivity index (χ1) is 9.69. The van der Waals surface area contributed by atoms with E-state index >= 15 is 0 Å². The quantitative estimate of drug-likeness (QED) is 0.838. The number of carbonyl (C=O) groups is 1. The van der Waals surface area contributed by atoms with Crippen LogP contribution in [0.4, 0.5) is 0 Å². The maximum Gasteiger partial charge on any atom is 0.302 e. The van der Waals surface area contributed by atoms with Crippen LogP contribution in [0.1, 0.15) is 56.1 Å². The van der Waals surface area contributed by atoms with Crippen molar-refractivity contribution in [3.63, 3.8) is 0 Å². The Morgan fingerprint density at radius 1 is 1.20 bits per heavy atom. The van der Waals surface area contributed by atoms with Gasteiger partial charge in [-0.3, -0.25) is 4.79 Å². The molecule has 0 aromatic heterocycles. The van der Waals surface area contributed by atoms with E-state index in [1.807, 2.05) is 12.1 Å². The summed E-state index contributed by atoms with van der Waals surface area (Å²) in [5.41, 5.74) is 2.37. The van der Waals surface area contributed by atoms with Gasteiger partial charge in [-0.05, 0) is 55.1 Å². The first-order valence-corrected chi connectivity index (χ1v) is 7.52. The molecule has 3 heteroatoms. The third-order valence-corrected chi connectivity index (χ3v) is 4.31. The van der Waals surface area contributed by atoms with Gasteiger partial charge in [0.25, 0.3) is 0 Å². The van der Waals surface area contributed by atoms with Crippen molar-refractivity contribution < 1.29 is 14.6 Å². The summed E-state index contributed by atoms with van der Waals surface area (Å²) in [6.07, 6.45) is 5.85. The number of esters is 1. The third kappa shape index (κ3) is 4.34. The molecule has 0 unspecified atom stereocenters. The molecule has 0 bridgehead atoms. The summed E-state index contributed by atoms with van der Waals surface area (Å²) in [7, 11) is 0. The maximum atomic E-state index is 10.7. The Labute approximate surface area is 121 Å². The van der Waals surface area contributed by atoms with Crippen LogP contribution < -0.4 is 0 Å². The number of carbonyl (C=O) groups excluding carboxylic acids is 1. The molecule has 1 aromatic rings. The van der Waals surface area contributed by atoms with Gasteiger partial charge in [0.1, 0.15) is 0 Å². The normalized spacial score (nSPS) is 22.5. The van der Waals surface area contributed by atoms with Gasteiger partial charge in [0.15, 0.2) is 0 Å². The zero-order valence-corrected chi connectivity index (χ0v) is 12.2. The number of aliphatic hydroxyl groups is 1. The molecule has 3 nitrogen and oxygen atoms in total. The molecule has 1 aliphatic rings. The molecule has 1 aromatic carbocycles. The molecule has 0 saturated heterocycles. The Morgan fingerprint density at radius 2 is 1.85 bits per heavy atom. The van der Waals surface area contributed by atoms with Gasteiger partial charge in [-0.25, -0.2) is 0 Å². The number of hydrogen-bond donors (Lipinski definition) is 1. The fourth-order valence-electron chi connectivity index (χ4n) is 3.05. The van der Waals surface area contributed by atoms with Gasteiger partial charge in [-0.1, -0.05) is 24.3 Å². The van der Waals surface area contributed by atoms with Crippen LogP contribution in [-0.2, 0) is 16.1 Å². The average molecular weight is 276 g/mol. The summed E-state index contributed by atoms with van der Waals surface area (Å²) in [5.74, 6) is 1.16. The van der Waals surface area contributed by atoms with Crippen molar-refractivity contribution in [1.29, 1.82) is 0 Å². The number of benzene rings is 1. The van der Waals surface area contributed by atoms with Gasteiger partial charge < -0.3 is 9.84 Å². The average Bonchev–Trinajstić information content (AvgIpc) is 2.48. The van der Waals surface area contributed by atoms with Crippen LogP contribution in [-0.4, -0.2) is 17.7 Å². The monoisotopic (exact) mass is 276 g/mol. The van der Waals surface area contributed by atoms with Gasteiger partial charge in [-0.15, -0.1) is 0 Å². The molecular formula is C17H24O3. The second kappa shape index (κ2) is 7.44. The molecule has 1 saturated carbocycles. The van der Waals surface area contributed by atoms with E-state index < -0.39 is 0 Å². The summed E-state index contributed by atoms with van der Waals surface area (Å²) < 4.78 is 5.02. The van der Waals surface area contributed by atoms with E-state index in [4.69, 9.17) is 9.84 Å². The molecular weight excluding hydrogens is 252 g/mol. The first-order valence-electron chi connectivity index (χ1n) is 7.52. The van der Waals surface area contributed by atoms with Crippen LogP contribution in [0.25, 0.3) is 0 Å². The Hall–Kier alpha value is -1.35. The second-order valence-corrected chi connectivity index (χ2v) is 5.75. The fourth-order valence-corrected chi connectivity index (χ4v) is 3.05. The zero-order valence-electron chi connectivity index (χ0n) is 12.2. The highest BCUT2D eigenvalue weighted by atomic mass is 16.5. The predicted molar refractivity (Wildman–Crippen MR) is 78.3 cm³/mol. The van der Waals surface area contributed by atoms with Crippen molar-refractivity contribution in [3.8, 4) is 0 Å². The van der Waals surface area contributed by atoms with Gasteiger partial charge >= 0.3 is 5.97 Å². The van der Waals surface area contributed by atoms with Gasteiger partial charge in [-0.2, -0.15) is 0 Å². The van der Waals surface area contributed by atoms with Crippen LogP contribution in [0.15, 0.2) is 24.3 Å². The van der Waals surface area contributed by atoms with Crippen molar-refractivity contribution in [2.24, 2.45) is 5.92 Å². The number of ether oxygens (including phenoxy) is 1. The second-order valence-electron chi connectivity index (χ2n) is 5.75. The summed E-state index contributed by atoms with van der Waals surface area (Å²) >= 11 is 0. The molecule has 20 heavy (non-hydrogen) atoms. The molecule has 0 spiro atoms. The number of hydrogen-bond acceptors (Lipinski definition) is 3. The predicted octanol–water partition coefficient (Wildman–Crippen LogP) is 3.41. The Bertz CT molecular complexity index is 416. The van der Waals surface area contributed by atoms with Gasteiger partial charge in [0, 0.05) is 6.92 Å². The molecule has 2 rings (SSSR count). The molecule has 0 radical (unpaired) electrons. The van der Waals surface area contributed by atoms with Crippen LogP contribution in [0, 0.1) is 5.92 Å². The van der Waals surface area contributed by atoms with Crippen LogP contribution in [0.5, 0.6) is 0 Å². The minimum Gasteiger partial charge on any atom is -0.466 e. The van der Waals surface area contributed by atoms with E-state index in [2.05, 4.69) is 12.1 Å². The Kier molecular flexibility index (Phi) is 5.60. The van der Waals surface area contributed by atoms with Crippen molar-refractivity contribution in [2.45, 2.75) is 51.6 Å². The minimum absolute atomic E-state index is 0.114. The van der Waals surface area contributed by atoms with Crippen molar-refractivity contribution in [1.82, 2.24) is 0 Å². The van der Waals surface area contributed by atoms with E-state index in [-0.39, 0.29) is 12.6 Å². The largest absolute Gasteiger partial charge is 0.466 e. The van der Waals surface area contributed by atoms with E-state index in [9.17, 15) is 4.79 Å². The molecule has 0 atom stereocenters. The van der Waals surface area contributed by atoms with Crippen molar-refractivity contribution in [2.75, 3.05) is 6.61 Å². The van der Waals surface area contributed by atoms with Gasteiger partial charge in [0.2, 0.25) is 0 Å². The smallest absolute Gasteiger partial charge is 0.302 e. The highest BCUT2D eigenvalue weighted by Crippen LogP contribution is 2.37. The van der Waals surface area contributed by atoms with E-state index in [1.165, 1.54) is 38.2 Å². The van der Waals surface area contributed by atoms with Crippen molar-refractivity contribution >= 4 is 5.97 Å². The highest BCUT2D eigenvalue weighted by Gasteiger charge is 2.22. The van der Waals surface area contributed by atoms with Crippen molar-refractivity contribution in [3.05, 3.63) is 35.4 Å². The standard InChI is InChI=1S/C17H24O3/c1-13(19)20-11-10-14-2-6-16(7-3-14)17-8-4-15(12-18)5-9-17/h4-5,8-9,14,16,18H,2-3,6-7,10-12H2,1H3. The zero-order chi connectivity index (χ0) is 14.4. The molecule has 110 valence electrons. The molecule has 1 fully saturated rings. The molecule has 0 aliphatic heterocycles. The summed E-state index contributed by atoms with van der Waals surface area (Å²) in [6.45, 7) is 2.14. The van der Waals surface area contributed by atoms with E-state index in [0.29, 0.717) is 18.4 Å². The van der Waals surface area contributed by atoms with Crippen LogP contribution in [0.2, 0.25) is 0 Å². The molecule has 1 aliphatic carbocycles. The SMILES string of the molecule is CC(=O)OCCC1CCC(c2ccc(CO)cc2)CC1. The fraction of sp³-hybridized carbons (Fsp3) is 0.588. The van der Waals surface area contributed by atoms with E-state index in [1.54, 1.807) is 0 Å². The summed E-state index contributed by atoms with van der Waals surface area (Å²) in [6, 6.07) is 8.33. The topological polar surface area (TPSA) is 46.5 Å². The summed E-state index contributed by atoms with van der Waals surface area (Å²) in [4.78, 5) is 10.7. The number of rotatable bonds is 5. The lowest BCUT2D eigenvalue weighted by atomic mass is 9.77. The maximum absolute atomic E-state index is 10.7. The summed E-state index contributed by atoms with van der Waals surface area (Å²) in [5, 5.41) is 9.06. The third-order valence-electron chi connectivity index (χ3n) is 4.31. The number of aliphatic hydroxyl groups excluding tert-OH is 1. The minimum atomic E-state index is -0.178.